The molecule has 176 valence electrons. The molecule has 1 saturated heterocycles. The number of benzene rings is 2. The molecule has 1 aliphatic carbocycles. The Morgan fingerprint density at radius 3 is 2.52 bits per heavy atom. The topological polar surface area (TPSA) is 52.7 Å². The minimum absolute atomic E-state index is 0.0438. The number of rotatable bonds is 8. The van der Waals surface area contributed by atoms with Crippen molar-refractivity contribution in [3.8, 4) is 0 Å². The summed E-state index contributed by atoms with van der Waals surface area (Å²) in [5.74, 6) is 0.471. The minimum Gasteiger partial charge on any atom is -0.348 e. The molecule has 6 heteroatoms. The van der Waals surface area contributed by atoms with Gasteiger partial charge in [0, 0.05) is 43.7 Å². The Morgan fingerprint density at radius 2 is 1.73 bits per heavy atom. The third kappa shape index (κ3) is 6.61. The molecule has 1 atom stereocenters. The van der Waals surface area contributed by atoms with Crippen molar-refractivity contribution in [1.29, 1.82) is 0 Å². The van der Waals surface area contributed by atoms with Crippen LogP contribution in [0.25, 0.3) is 0 Å². The highest BCUT2D eigenvalue weighted by Gasteiger charge is 2.26. The molecule has 1 N–H and O–H groups in total. The van der Waals surface area contributed by atoms with Crippen LogP contribution in [-0.2, 0) is 11.3 Å². The second kappa shape index (κ2) is 11.7. The molecular weight excluding hydrogens is 430 g/mol. The molecule has 2 aliphatic rings. The zero-order chi connectivity index (χ0) is 23.0. The van der Waals surface area contributed by atoms with Crippen LogP contribution in [0.15, 0.2) is 59.5 Å². The van der Waals surface area contributed by atoms with Crippen LogP contribution in [0.3, 0.4) is 0 Å². The van der Waals surface area contributed by atoms with Gasteiger partial charge in [0.2, 0.25) is 5.91 Å². The number of likely N-dealkylation sites (tertiary alicyclic amines) is 1. The van der Waals surface area contributed by atoms with Gasteiger partial charge in [-0.15, -0.1) is 11.8 Å². The Kier molecular flexibility index (Phi) is 8.46. The predicted octanol–water partition coefficient (Wildman–Crippen LogP) is 4.57. The van der Waals surface area contributed by atoms with Gasteiger partial charge in [-0.2, -0.15) is 0 Å². The zero-order valence-corrected chi connectivity index (χ0v) is 20.4. The summed E-state index contributed by atoms with van der Waals surface area (Å²) >= 11 is 1.47. The van der Waals surface area contributed by atoms with Gasteiger partial charge in [0.05, 0.1) is 11.3 Å². The summed E-state index contributed by atoms with van der Waals surface area (Å²) in [6, 6.07) is 18.6. The van der Waals surface area contributed by atoms with Gasteiger partial charge >= 0.3 is 0 Å². The number of nitrogens with zero attached hydrogens (tertiary/aromatic N) is 2. The predicted molar refractivity (Wildman–Crippen MR) is 134 cm³/mol. The molecule has 33 heavy (non-hydrogen) atoms. The maximum absolute atomic E-state index is 13.1. The third-order valence-electron chi connectivity index (χ3n) is 6.86. The van der Waals surface area contributed by atoms with Crippen LogP contribution in [0, 0.1) is 0 Å². The van der Waals surface area contributed by atoms with Crippen LogP contribution in [0.5, 0.6) is 0 Å². The van der Waals surface area contributed by atoms with Crippen LogP contribution in [-0.4, -0.2) is 59.6 Å². The number of carbonyl (C=O) groups is 2. The van der Waals surface area contributed by atoms with Gasteiger partial charge < -0.3 is 10.2 Å². The van der Waals surface area contributed by atoms with Crippen molar-refractivity contribution >= 4 is 23.6 Å². The average Bonchev–Trinajstić information content (AvgIpc) is 3.29. The fraction of sp³-hybridized carbons (Fsp3) is 0.481. The molecule has 0 bridgehead atoms. The van der Waals surface area contributed by atoms with Crippen LogP contribution in [0.2, 0.25) is 0 Å². The average molecular weight is 466 g/mol. The highest BCUT2D eigenvalue weighted by molar-refractivity contribution is 8.00. The van der Waals surface area contributed by atoms with Gasteiger partial charge in [-0.25, -0.2) is 0 Å². The molecular formula is C27H35N3O2S. The standard InChI is InChI=1S/C27H35N3O2S/c1-29(23-12-6-3-7-13-23)26(31)20-33-25-15-9-8-14-24(25)27(32)28-22-16-17-30(19-22)18-21-10-4-2-5-11-21/h2,4-5,8-11,14-15,22-23H,3,6-7,12-13,16-20H2,1H3,(H,28,32). The lowest BCUT2D eigenvalue weighted by Crippen LogP contribution is -2.39. The van der Waals surface area contributed by atoms with E-state index in [-0.39, 0.29) is 17.9 Å². The molecule has 0 spiro atoms. The van der Waals surface area contributed by atoms with E-state index in [4.69, 9.17) is 0 Å². The fourth-order valence-corrected chi connectivity index (χ4v) is 5.87. The molecule has 2 aromatic rings. The summed E-state index contributed by atoms with van der Waals surface area (Å²) in [5.41, 5.74) is 1.96. The first-order valence-electron chi connectivity index (χ1n) is 12.1. The molecule has 2 fully saturated rings. The first-order chi connectivity index (χ1) is 16.1. The molecule has 2 aromatic carbocycles. The molecule has 1 unspecified atom stereocenters. The lowest BCUT2D eigenvalue weighted by Gasteiger charge is -2.31. The molecule has 1 heterocycles. The monoisotopic (exact) mass is 465 g/mol. The second-order valence-corrected chi connectivity index (χ2v) is 10.3. The normalized spacial score (nSPS) is 19.4. The molecule has 0 radical (unpaired) electrons. The van der Waals surface area contributed by atoms with E-state index in [1.165, 1.54) is 36.6 Å². The van der Waals surface area contributed by atoms with E-state index in [1.54, 1.807) is 0 Å². The van der Waals surface area contributed by atoms with Crippen molar-refractivity contribution in [2.45, 2.75) is 62.0 Å². The quantitative estimate of drug-likeness (QED) is 0.580. The first-order valence-corrected chi connectivity index (χ1v) is 13.1. The Morgan fingerprint density at radius 1 is 1.00 bits per heavy atom. The Hall–Kier alpha value is -2.31. The molecule has 5 nitrogen and oxygen atoms in total. The van der Waals surface area contributed by atoms with Crippen molar-refractivity contribution in [3.05, 3.63) is 65.7 Å². The summed E-state index contributed by atoms with van der Waals surface area (Å²) in [4.78, 5) is 31.0. The van der Waals surface area contributed by atoms with E-state index in [9.17, 15) is 9.59 Å². The Labute approximate surface area is 201 Å². The van der Waals surface area contributed by atoms with Crippen molar-refractivity contribution in [1.82, 2.24) is 15.1 Å². The van der Waals surface area contributed by atoms with Gasteiger partial charge in [0.1, 0.15) is 0 Å². The van der Waals surface area contributed by atoms with E-state index >= 15 is 0 Å². The van der Waals surface area contributed by atoms with E-state index in [2.05, 4.69) is 34.5 Å². The van der Waals surface area contributed by atoms with Gasteiger partial charge in [0.25, 0.3) is 5.91 Å². The van der Waals surface area contributed by atoms with E-state index in [0.29, 0.717) is 17.4 Å². The summed E-state index contributed by atoms with van der Waals surface area (Å²) in [6.45, 7) is 2.76. The maximum Gasteiger partial charge on any atom is 0.252 e. The molecule has 1 saturated carbocycles. The highest BCUT2D eigenvalue weighted by atomic mass is 32.2. The summed E-state index contributed by atoms with van der Waals surface area (Å²) in [7, 11) is 1.93. The first kappa shape index (κ1) is 23.8. The second-order valence-electron chi connectivity index (χ2n) is 9.26. The summed E-state index contributed by atoms with van der Waals surface area (Å²) in [6.07, 6.45) is 6.87. The molecule has 1 aliphatic heterocycles. The van der Waals surface area contributed by atoms with Crippen molar-refractivity contribution in [3.63, 3.8) is 0 Å². The minimum atomic E-state index is -0.0438. The van der Waals surface area contributed by atoms with E-state index in [0.717, 1.165) is 43.8 Å². The fourth-order valence-electron chi connectivity index (χ4n) is 4.89. The number of thioether (sulfide) groups is 1. The molecule has 4 rings (SSSR count). The van der Waals surface area contributed by atoms with E-state index < -0.39 is 0 Å². The highest BCUT2D eigenvalue weighted by Crippen LogP contribution is 2.26. The number of carbonyl (C=O) groups excluding carboxylic acids is 2. The third-order valence-corrected chi connectivity index (χ3v) is 7.91. The van der Waals surface area contributed by atoms with Crippen molar-refractivity contribution in [2.75, 3.05) is 25.9 Å². The van der Waals surface area contributed by atoms with Crippen molar-refractivity contribution in [2.24, 2.45) is 0 Å². The maximum atomic E-state index is 13.1. The number of hydrogen-bond donors (Lipinski definition) is 1. The Balaban J connectivity index is 1.29. The van der Waals surface area contributed by atoms with Crippen LogP contribution in [0.4, 0.5) is 0 Å². The lowest BCUT2D eigenvalue weighted by atomic mass is 9.94. The Bertz CT molecular complexity index is 930. The van der Waals surface area contributed by atoms with Gasteiger partial charge in [0.15, 0.2) is 0 Å². The van der Waals surface area contributed by atoms with E-state index in [1.807, 2.05) is 42.3 Å². The van der Waals surface area contributed by atoms with Crippen LogP contribution in [0.1, 0.15) is 54.4 Å². The lowest BCUT2D eigenvalue weighted by molar-refractivity contribution is -0.129. The smallest absolute Gasteiger partial charge is 0.252 e. The number of amides is 2. The van der Waals surface area contributed by atoms with Crippen LogP contribution < -0.4 is 5.32 Å². The van der Waals surface area contributed by atoms with Crippen molar-refractivity contribution < 1.29 is 9.59 Å². The summed E-state index contributed by atoms with van der Waals surface area (Å²) < 4.78 is 0. The number of nitrogens with one attached hydrogen (secondary N) is 1. The SMILES string of the molecule is CN(C(=O)CSc1ccccc1C(=O)NC1CCN(Cc2ccccc2)C1)C1CCCCC1. The van der Waals surface area contributed by atoms with Gasteiger partial charge in [-0.3, -0.25) is 14.5 Å². The van der Waals surface area contributed by atoms with Gasteiger partial charge in [-0.05, 0) is 37.0 Å². The van der Waals surface area contributed by atoms with Crippen LogP contribution >= 0.6 is 11.8 Å². The molecule has 2 amide bonds. The zero-order valence-electron chi connectivity index (χ0n) is 19.5. The molecule has 0 aromatic heterocycles. The summed E-state index contributed by atoms with van der Waals surface area (Å²) in [5, 5.41) is 3.22. The number of hydrogen-bond acceptors (Lipinski definition) is 4. The van der Waals surface area contributed by atoms with Gasteiger partial charge in [-0.1, -0.05) is 61.7 Å². The largest absolute Gasteiger partial charge is 0.348 e.